The van der Waals surface area contributed by atoms with Crippen molar-refractivity contribution in [2.45, 2.75) is 19.5 Å². The summed E-state index contributed by atoms with van der Waals surface area (Å²) in [5.41, 5.74) is 2.82. The minimum Gasteiger partial charge on any atom is -0.379 e. The van der Waals surface area contributed by atoms with Crippen LogP contribution in [0.1, 0.15) is 11.1 Å². The standard InChI is InChI=1S/C12H20N2OS/c1-9-7-16-8-11(9)4-14-3-10-5-15-6-12(10)13-2/h7-8,10,12-14H,3-6H2,1-2H3. The normalized spacial score (nSPS) is 25.1. The highest BCUT2D eigenvalue weighted by Crippen LogP contribution is 2.15. The Kier molecular flexibility index (Phi) is 4.35. The molecule has 0 amide bonds. The molecule has 2 unspecified atom stereocenters. The fourth-order valence-corrected chi connectivity index (χ4v) is 2.94. The van der Waals surface area contributed by atoms with E-state index in [1.54, 1.807) is 11.3 Å². The van der Waals surface area contributed by atoms with E-state index in [4.69, 9.17) is 4.74 Å². The van der Waals surface area contributed by atoms with Gasteiger partial charge in [0.05, 0.1) is 13.2 Å². The van der Waals surface area contributed by atoms with Crippen LogP contribution < -0.4 is 10.6 Å². The molecule has 2 rings (SSSR count). The third kappa shape index (κ3) is 2.83. The van der Waals surface area contributed by atoms with Crippen LogP contribution in [0.15, 0.2) is 10.8 Å². The van der Waals surface area contributed by atoms with Crippen LogP contribution in [0.5, 0.6) is 0 Å². The van der Waals surface area contributed by atoms with E-state index in [1.807, 2.05) is 7.05 Å². The lowest BCUT2D eigenvalue weighted by molar-refractivity contribution is 0.182. The third-order valence-corrected chi connectivity index (χ3v) is 4.16. The SMILES string of the molecule is CNC1COCC1CNCc1cscc1C. The molecule has 1 saturated heterocycles. The summed E-state index contributed by atoms with van der Waals surface area (Å²) < 4.78 is 5.47. The summed E-state index contributed by atoms with van der Waals surface area (Å²) in [6.07, 6.45) is 0. The molecule has 3 nitrogen and oxygen atoms in total. The highest BCUT2D eigenvalue weighted by atomic mass is 32.1. The van der Waals surface area contributed by atoms with Crippen molar-refractivity contribution < 1.29 is 4.74 Å². The van der Waals surface area contributed by atoms with E-state index in [1.165, 1.54) is 11.1 Å². The molecule has 0 saturated carbocycles. The second kappa shape index (κ2) is 5.77. The quantitative estimate of drug-likeness (QED) is 0.816. The maximum absolute atomic E-state index is 5.47. The topological polar surface area (TPSA) is 33.3 Å². The monoisotopic (exact) mass is 240 g/mol. The molecule has 1 fully saturated rings. The molecule has 0 radical (unpaired) electrons. The smallest absolute Gasteiger partial charge is 0.0623 e. The molecule has 90 valence electrons. The fourth-order valence-electron chi connectivity index (χ4n) is 2.08. The molecule has 1 aliphatic heterocycles. The molecule has 16 heavy (non-hydrogen) atoms. The summed E-state index contributed by atoms with van der Waals surface area (Å²) in [7, 11) is 2.01. The van der Waals surface area contributed by atoms with Crippen LogP contribution in [0, 0.1) is 12.8 Å². The summed E-state index contributed by atoms with van der Waals surface area (Å²) >= 11 is 1.78. The van der Waals surface area contributed by atoms with E-state index in [2.05, 4.69) is 28.3 Å². The van der Waals surface area contributed by atoms with Crippen molar-refractivity contribution in [1.29, 1.82) is 0 Å². The highest BCUT2D eigenvalue weighted by molar-refractivity contribution is 7.08. The first-order valence-electron chi connectivity index (χ1n) is 5.78. The molecule has 2 atom stereocenters. The molecule has 4 heteroatoms. The predicted molar refractivity (Wildman–Crippen MR) is 67.9 cm³/mol. The van der Waals surface area contributed by atoms with Gasteiger partial charge in [0.2, 0.25) is 0 Å². The van der Waals surface area contributed by atoms with Crippen LogP contribution in [0.25, 0.3) is 0 Å². The van der Waals surface area contributed by atoms with E-state index >= 15 is 0 Å². The Morgan fingerprint density at radius 1 is 1.44 bits per heavy atom. The van der Waals surface area contributed by atoms with Gasteiger partial charge >= 0.3 is 0 Å². The number of hydrogen-bond acceptors (Lipinski definition) is 4. The van der Waals surface area contributed by atoms with Crippen LogP contribution in [0.2, 0.25) is 0 Å². The second-order valence-electron chi connectivity index (χ2n) is 4.40. The van der Waals surface area contributed by atoms with Gasteiger partial charge in [-0.1, -0.05) is 0 Å². The van der Waals surface area contributed by atoms with Crippen molar-refractivity contribution in [1.82, 2.24) is 10.6 Å². The Balaban J connectivity index is 1.74. The minimum absolute atomic E-state index is 0.510. The van der Waals surface area contributed by atoms with E-state index in [-0.39, 0.29) is 0 Å². The van der Waals surface area contributed by atoms with Crippen molar-refractivity contribution in [2.75, 3.05) is 26.8 Å². The molecule has 0 bridgehead atoms. The largest absolute Gasteiger partial charge is 0.379 e. The lowest BCUT2D eigenvalue weighted by Gasteiger charge is -2.17. The maximum atomic E-state index is 5.47. The summed E-state index contributed by atoms with van der Waals surface area (Å²) in [6.45, 7) is 5.90. The van der Waals surface area contributed by atoms with Crippen LogP contribution in [-0.2, 0) is 11.3 Å². The summed E-state index contributed by atoms with van der Waals surface area (Å²) in [5, 5.41) is 11.3. The highest BCUT2D eigenvalue weighted by Gasteiger charge is 2.26. The van der Waals surface area contributed by atoms with Gasteiger partial charge in [-0.05, 0) is 35.9 Å². The zero-order valence-corrected chi connectivity index (χ0v) is 10.8. The number of aryl methyl sites for hydroxylation is 1. The Labute approximate surface area is 101 Å². The molecule has 2 heterocycles. The first kappa shape index (κ1) is 12.0. The molecular weight excluding hydrogens is 220 g/mol. The Morgan fingerprint density at radius 2 is 2.31 bits per heavy atom. The number of ether oxygens (including phenoxy) is 1. The van der Waals surface area contributed by atoms with Gasteiger partial charge in [0.25, 0.3) is 0 Å². The Morgan fingerprint density at radius 3 is 3.00 bits per heavy atom. The Hall–Kier alpha value is -0.420. The first-order chi connectivity index (χ1) is 7.81. The summed E-state index contributed by atoms with van der Waals surface area (Å²) in [5.74, 6) is 0.601. The molecule has 0 aromatic carbocycles. The number of likely N-dealkylation sites (N-methyl/N-ethyl adjacent to an activating group) is 1. The zero-order chi connectivity index (χ0) is 11.4. The van der Waals surface area contributed by atoms with Gasteiger partial charge in [0, 0.05) is 25.0 Å². The van der Waals surface area contributed by atoms with Crippen molar-refractivity contribution >= 4 is 11.3 Å². The van der Waals surface area contributed by atoms with Crippen LogP contribution in [-0.4, -0.2) is 32.8 Å². The second-order valence-corrected chi connectivity index (χ2v) is 5.15. The Bertz CT molecular complexity index is 327. The maximum Gasteiger partial charge on any atom is 0.0623 e. The molecule has 0 aliphatic carbocycles. The van der Waals surface area contributed by atoms with Gasteiger partial charge in [-0.15, -0.1) is 0 Å². The fraction of sp³-hybridized carbons (Fsp3) is 0.667. The van der Waals surface area contributed by atoms with Crippen LogP contribution in [0.4, 0.5) is 0 Å². The number of nitrogens with one attached hydrogen (secondary N) is 2. The van der Waals surface area contributed by atoms with E-state index in [0.29, 0.717) is 12.0 Å². The lowest BCUT2D eigenvalue weighted by atomic mass is 10.0. The number of rotatable bonds is 5. The van der Waals surface area contributed by atoms with Gasteiger partial charge < -0.3 is 15.4 Å². The molecule has 1 aliphatic rings. The van der Waals surface area contributed by atoms with Crippen LogP contribution in [0.3, 0.4) is 0 Å². The average molecular weight is 240 g/mol. The van der Waals surface area contributed by atoms with Gasteiger partial charge in [0.15, 0.2) is 0 Å². The van der Waals surface area contributed by atoms with Crippen LogP contribution >= 0.6 is 11.3 Å². The minimum atomic E-state index is 0.510. The molecule has 1 aromatic rings. The van der Waals surface area contributed by atoms with Gasteiger partial charge in [-0.25, -0.2) is 0 Å². The lowest BCUT2D eigenvalue weighted by Crippen LogP contribution is -2.38. The predicted octanol–water partition coefficient (Wildman–Crippen LogP) is 1.38. The summed E-state index contributed by atoms with van der Waals surface area (Å²) in [6, 6.07) is 0.510. The van der Waals surface area contributed by atoms with Crippen molar-refractivity contribution in [3.8, 4) is 0 Å². The first-order valence-corrected chi connectivity index (χ1v) is 6.73. The van der Waals surface area contributed by atoms with E-state index in [0.717, 1.165) is 26.3 Å². The van der Waals surface area contributed by atoms with Gasteiger partial charge in [-0.2, -0.15) is 11.3 Å². The molecular formula is C12H20N2OS. The van der Waals surface area contributed by atoms with E-state index in [9.17, 15) is 0 Å². The summed E-state index contributed by atoms with van der Waals surface area (Å²) in [4.78, 5) is 0. The van der Waals surface area contributed by atoms with Crippen molar-refractivity contribution in [2.24, 2.45) is 5.92 Å². The van der Waals surface area contributed by atoms with Crippen molar-refractivity contribution in [3.63, 3.8) is 0 Å². The molecule has 1 aromatic heterocycles. The number of hydrogen-bond donors (Lipinski definition) is 2. The van der Waals surface area contributed by atoms with Gasteiger partial charge in [0.1, 0.15) is 0 Å². The number of thiophene rings is 1. The van der Waals surface area contributed by atoms with E-state index < -0.39 is 0 Å². The molecule has 0 spiro atoms. The average Bonchev–Trinajstić information content (AvgIpc) is 2.88. The third-order valence-electron chi connectivity index (χ3n) is 3.25. The van der Waals surface area contributed by atoms with Crippen molar-refractivity contribution in [3.05, 3.63) is 21.9 Å². The molecule has 2 N–H and O–H groups in total. The van der Waals surface area contributed by atoms with Gasteiger partial charge in [-0.3, -0.25) is 0 Å². The zero-order valence-electron chi connectivity index (χ0n) is 9.95.